The van der Waals surface area contributed by atoms with E-state index in [1.165, 1.54) is 0 Å². The summed E-state index contributed by atoms with van der Waals surface area (Å²) < 4.78 is 16.9. The van der Waals surface area contributed by atoms with Gasteiger partial charge in [-0.2, -0.15) is 0 Å². The molecular formula is C23H24ClNO4. The van der Waals surface area contributed by atoms with Crippen LogP contribution in [0.25, 0.3) is 11.0 Å². The Morgan fingerprint density at radius 2 is 2.10 bits per heavy atom. The topological polar surface area (TPSA) is 51.9 Å². The van der Waals surface area contributed by atoms with Crippen molar-refractivity contribution in [1.82, 2.24) is 4.90 Å². The van der Waals surface area contributed by atoms with Gasteiger partial charge in [-0.25, -0.2) is 4.79 Å². The number of hydrogen-bond donors (Lipinski definition) is 0. The van der Waals surface area contributed by atoms with Crippen LogP contribution in [0.3, 0.4) is 0 Å². The largest absolute Gasteiger partial charge is 0.497 e. The highest BCUT2D eigenvalue weighted by Crippen LogP contribution is 2.39. The van der Waals surface area contributed by atoms with E-state index in [1.807, 2.05) is 24.3 Å². The molecule has 1 aliphatic heterocycles. The fourth-order valence-corrected chi connectivity index (χ4v) is 4.08. The number of benzene rings is 2. The summed E-state index contributed by atoms with van der Waals surface area (Å²) in [6, 6.07) is 11.4. The van der Waals surface area contributed by atoms with Crippen LogP contribution in [-0.2, 0) is 19.5 Å². The molecule has 1 aliphatic rings. The highest BCUT2D eigenvalue weighted by molar-refractivity contribution is 6.33. The van der Waals surface area contributed by atoms with Crippen molar-refractivity contribution in [3.8, 4) is 11.5 Å². The molecular weight excluding hydrogens is 390 g/mol. The zero-order valence-electron chi connectivity index (χ0n) is 16.7. The predicted octanol–water partition coefficient (Wildman–Crippen LogP) is 5.15. The van der Waals surface area contributed by atoms with Gasteiger partial charge in [0.1, 0.15) is 23.8 Å². The molecule has 3 aromatic rings. The summed E-state index contributed by atoms with van der Waals surface area (Å²) in [7, 11) is 1.66. The Morgan fingerprint density at radius 3 is 2.90 bits per heavy atom. The van der Waals surface area contributed by atoms with Gasteiger partial charge >= 0.3 is 5.63 Å². The van der Waals surface area contributed by atoms with Crippen molar-refractivity contribution in [2.24, 2.45) is 0 Å². The van der Waals surface area contributed by atoms with Crippen LogP contribution in [0.4, 0.5) is 0 Å². The van der Waals surface area contributed by atoms with Gasteiger partial charge in [0.15, 0.2) is 0 Å². The van der Waals surface area contributed by atoms with Gasteiger partial charge < -0.3 is 13.9 Å². The fourth-order valence-electron chi connectivity index (χ4n) is 3.80. The van der Waals surface area contributed by atoms with Crippen LogP contribution in [-0.4, -0.2) is 18.7 Å². The summed E-state index contributed by atoms with van der Waals surface area (Å²) in [5.74, 6) is 1.43. The summed E-state index contributed by atoms with van der Waals surface area (Å²) in [5, 5.41) is 1.45. The summed E-state index contributed by atoms with van der Waals surface area (Å²) in [6.07, 6.45) is 2.88. The zero-order chi connectivity index (χ0) is 20.4. The zero-order valence-corrected chi connectivity index (χ0v) is 17.4. The van der Waals surface area contributed by atoms with E-state index in [-0.39, 0.29) is 5.63 Å². The maximum Gasteiger partial charge on any atom is 0.336 e. The number of fused-ring (bicyclic) bond motifs is 3. The molecule has 0 radical (unpaired) electrons. The van der Waals surface area contributed by atoms with Crippen LogP contribution < -0.4 is 15.1 Å². The van der Waals surface area contributed by atoms with Gasteiger partial charge in [0.05, 0.1) is 17.7 Å². The third kappa shape index (κ3) is 4.11. The highest BCUT2D eigenvalue weighted by atomic mass is 35.5. The van der Waals surface area contributed by atoms with Crippen molar-refractivity contribution in [2.45, 2.75) is 39.3 Å². The number of unbranched alkanes of at least 4 members (excludes halogenated alkanes) is 1. The third-order valence-electron chi connectivity index (χ3n) is 5.23. The molecule has 0 saturated carbocycles. The molecule has 2 heterocycles. The Kier molecular flexibility index (Phi) is 5.79. The molecule has 1 aromatic heterocycles. The molecule has 0 spiro atoms. The van der Waals surface area contributed by atoms with E-state index in [0.29, 0.717) is 36.2 Å². The molecule has 0 atom stereocenters. The second-order valence-electron chi connectivity index (χ2n) is 7.35. The molecule has 152 valence electrons. The maximum absolute atomic E-state index is 12.2. The minimum absolute atomic E-state index is 0.335. The van der Waals surface area contributed by atoms with E-state index in [0.717, 1.165) is 47.1 Å². The first-order valence-corrected chi connectivity index (χ1v) is 10.2. The van der Waals surface area contributed by atoms with Gasteiger partial charge in [0.25, 0.3) is 0 Å². The average Bonchev–Trinajstić information content (AvgIpc) is 2.73. The van der Waals surface area contributed by atoms with Gasteiger partial charge in [-0.05, 0) is 42.2 Å². The van der Waals surface area contributed by atoms with Crippen LogP contribution in [0.1, 0.15) is 36.5 Å². The molecule has 0 amide bonds. The van der Waals surface area contributed by atoms with Crippen LogP contribution in [0.15, 0.2) is 45.6 Å². The van der Waals surface area contributed by atoms with E-state index in [2.05, 4.69) is 17.9 Å². The summed E-state index contributed by atoms with van der Waals surface area (Å²) in [6.45, 7) is 3.82. The van der Waals surface area contributed by atoms with Gasteiger partial charge in [0, 0.05) is 24.5 Å². The monoisotopic (exact) mass is 413 g/mol. The van der Waals surface area contributed by atoms with Crippen LogP contribution in [0, 0.1) is 0 Å². The first-order chi connectivity index (χ1) is 14.1. The van der Waals surface area contributed by atoms with Crippen molar-refractivity contribution >= 4 is 22.6 Å². The second kappa shape index (κ2) is 8.47. The van der Waals surface area contributed by atoms with Crippen molar-refractivity contribution < 1.29 is 13.9 Å². The first kappa shape index (κ1) is 19.8. The third-order valence-corrected chi connectivity index (χ3v) is 5.52. The molecule has 0 aliphatic carbocycles. The molecule has 2 aromatic carbocycles. The Morgan fingerprint density at radius 1 is 1.24 bits per heavy atom. The lowest BCUT2D eigenvalue weighted by molar-refractivity contribution is 0.0890. The molecule has 0 bridgehead atoms. The molecule has 29 heavy (non-hydrogen) atoms. The average molecular weight is 414 g/mol. The first-order valence-electron chi connectivity index (χ1n) is 9.85. The summed E-state index contributed by atoms with van der Waals surface area (Å²) >= 11 is 6.53. The molecule has 5 nitrogen and oxygen atoms in total. The smallest absolute Gasteiger partial charge is 0.336 e. The lowest BCUT2D eigenvalue weighted by Gasteiger charge is -2.30. The van der Waals surface area contributed by atoms with E-state index >= 15 is 0 Å². The summed E-state index contributed by atoms with van der Waals surface area (Å²) in [4.78, 5) is 14.4. The minimum atomic E-state index is -0.335. The number of ether oxygens (including phenoxy) is 2. The number of halogens is 1. The van der Waals surface area contributed by atoms with Gasteiger partial charge in [-0.15, -0.1) is 0 Å². The van der Waals surface area contributed by atoms with Crippen molar-refractivity contribution in [3.05, 3.63) is 68.5 Å². The predicted molar refractivity (Wildman–Crippen MR) is 114 cm³/mol. The van der Waals surface area contributed by atoms with Crippen molar-refractivity contribution in [3.63, 3.8) is 0 Å². The normalized spacial score (nSPS) is 13.9. The van der Waals surface area contributed by atoms with E-state index in [4.69, 9.17) is 25.5 Å². The minimum Gasteiger partial charge on any atom is -0.497 e. The van der Waals surface area contributed by atoms with Crippen molar-refractivity contribution in [2.75, 3.05) is 13.8 Å². The number of rotatable bonds is 6. The fraction of sp³-hybridized carbons (Fsp3) is 0.348. The standard InChI is InChI=1S/C23H24ClNO4/c1-3-4-7-16-10-21(26)29-22-18(16)11-20(24)23-19(22)13-25(14-28-23)12-15-6-5-8-17(9-15)27-2/h5-6,8-11H,3-4,7,12-14H2,1-2H3. The number of methoxy groups -OCH3 is 1. The molecule has 0 unspecified atom stereocenters. The van der Waals surface area contributed by atoms with Crippen LogP contribution in [0.2, 0.25) is 5.02 Å². The van der Waals surface area contributed by atoms with Gasteiger partial charge in [0.2, 0.25) is 0 Å². The number of aryl methyl sites for hydroxylation is 1. The molecule has 0 fully saturated rings. The highest BCUT2D eigenvalue weighted by Gasteiger charge is 2.25. The lowest BCUT2D eigenvalue weighted by atomic mass is 10.0. The Balaban J connectivity index is 1.71. The maximum atomic E-state index is 12.2. The second-order valence-corrected chi connectivity index (χ2v) is 7.76. The van der Waals surface area contributed by atoms with Gasteiger partial charge in [-0.1, -0.05) is 37.1 Å². The molecule has 6 heteroatoms. The molecule has 0 N–H and O–H groups in total. The van der Waals surface area contributed by atoms with E-state index in [1.54, 1.807) is 13.2 Å². The molecule has 0 saturated heterocycles. The number of hydrogen-bond acceptors (Lipinski definition) is 5. The van der Waals surface area contributed by atoms with E-state index < -0.39 is 0 Å². The Labute approximate surface area is 174 Å². The SMILES string of the molecule is CCCCc1cc(=O)oc2c3c(c(Cl)cc12)OCN(Cc1cccc(OC)c1)C3. The van der Waals surface area contributed by atoms with Crippen LogP contribution >= 0.6 is 11.6 Å². The lowest BCUT2D eigenvalue weighted by Crippen LogP contribution is -2.32. The molecule has 4 rings (SSSR count). The number of nitrogens with zero attached hydrogens (tertiary/aromatic N) is 1. The van der Waals surface area contributed by atoms with Crippen molar-refractivity contribution in [1.29, 1.82) is 0 Å². The Bertz CT molecular complexity index is 1090. The van der Waals surface area contributed by atoms with Crippen LogP contribution in [0.5, 0.6) is 11.5 Å². The quantitative estimate of drug-likeness (QED) is 0.523. The van der Waals surface area contributed by atoms with E-state index in [9.17, 15) is 4.79 Å². The van der Waals surface area contributed by atoms with Gasteiger partial charge in [-0.3, -0.25) is 4.90 Å². The summed E-state index contributed by atoms with van der Waals surface area (Å²) in [5.41, 5.74) is 3.18. The Hall–Kier alpha value is -2.50.